The zero-order chi connectivity index (χ0) is 10.1. The van der Waals surface area contributed by atoms with E-state index in [1.807, 2.05) is 0 Å². The van der Waals surface area contributed by atoms with Gasteiger partial charge in [-0.3, -0.25) is 4.79 Å². The van der Waals surface area contributed by atoms with Gasteiger partial charge in [-0.05, 0) is 27.2 Å². The average molecular weight is 258 g/mol. The molecule has 14 heavy (non-hydrogen) atoms. The number of ether oxygens (including phenoxy) is 2. The Morgan fingerprint density at radius 3 is 2.79 bits per heavy atom. The van der Waals surface area contributed by atoms with E-state index in [4.69, 9.17) is 9.47 Å². The first kappa shape index (κ1) is 9.14. The van der Waals surface area contributed by atoms with E-state index < -0.39 is 0 Å². The van der Waals surface area contributed by atoms with Crippen molar-refractivity contribution in [1.29, 1.82) is 0 Å². The number of hydrogen-bond acceptors (Lipinski definition) is 5. The van der Waals surface area contributed by atoms with Crippen LogP contribution in [-0.2, 0) is 0 Å². The van der Waals surface area contributed by atoms with E-state index in [1.165, 1.54) is 6.07 Å². The lowest BCUT2D eigenvalue weighted by molar-refractivity contribution is 0.112. The van der Waals surface area contributed by atoms with Gasteiger partial charge in [0.2, 0.25) is 6.79 Å². The molecular formula is C8H4BrNO4. The van der Waals surface area contributed by atoms with Gasteiger partial charge in [0.15, 0.2) is 23.5 Å². The van der Waals surface area contributed by atoms with Gasteiger partial charge in [0.05, 0.1) is 4.47 Å². The van der Waals surface area contributed by atoms with Gasteiger partial charge < -0.3 is 9.47 Å². The molecule has 0 saturated carbocycles. The highest BCUT2D eigenvalue weighted by atomic mass is 79.9. The van der Waals surface area contributed by atoms with E-state index in [0.717, 1.165) is 0 Å². The number of rotatable bonds is 2. The highest BCUT2D eigenvalue weighted by Gasteiger charge is 2.24. The van der Waals surface area contributed by atoms with Gasteiger partial charge in [0.25, 0.3) is 0 Å². The lowest BCUT2D eigenvalue weighted by atomic mass is 10.2. The first-order valence-corrected chi connectivity index (χ1v) is 4.48. The maximum Gasteiger partial charge on any atom is 0.231 e. The SMILES string of the molecule is O=Cc1cc(Br)c2c(c1N=O)OCO2. The second-order valence-corrected chi connectivity index (χ2v) is 3.42. The van der Waals surface area contributed by atoms with Crippen LogP contribution >= 0.6 is 15.9 Å². The van der Waals surface area contributed by atoms with E-state index >= 15 is 0 Å². The van der Waals surface area contributed by atoms with E-state index in [1.54, 1.807) is 0 Å². The number of nitrogens with zero attached hydrogens (tertiary/aromatic N) is 1. The van der Waals surface area contributed by atoms with Crippen molar-refractivity contribution in [2.75, 3.05) is 6.79 Å². The maximum atomic E-state index is 10.6. The van der Waals surface area contributed by atoms with Crippen LogP contribution in [0.4, 0.5) is 5.69 Å². The van der Waals surface area contributed by atoms with E-state index in [-0.39, 0.29) is 23.8 Å². The van der Waals surface area contributed by atoms with Crippen molar-refractivity contribution in [2.45, 2.75) is 0 Å². The van der Waals surface area contributed by atoms with Gasteiger partial charge in [-0.25, -0.2) is 0 Å². The van der Waals surface area contributed by atoms with Gasteiger partial charge in [-0.2, -0.15) is 0 Å². The number of carbonyl (C=O) groups excluding carboxylic acids is 1. The number of aldehydes is 1. The summed E-state index contributed by atoms with van der Waals surface area (Å²) in [6.45, 7) is 0.0266. The van der Waals surface area contributed by atoms with Crippen molar-refractivity contribution >= 4 is 27.9 Å². The van der Waals surface area contributed by atoms with Crippen molar-refractivity contribution in [3.8, 4) is 11.5 Å². The van der Waals surface area contributed by atoms with Gasteiger partial charge in [-0.15, -0.1) is 4.91 Å². The van der Waals surface area contributed by atoms with Crippen LogP contribution < -0.4 is 9.47 Å². The third kappa shape index (κ3) is 1.19. The molecule has 0 aliphatic carbocycles. The number of fused-ring (bicyclic) bond motifs is 1. The van der Waals surface area contributed by atoms with Crippen molar-refractivity contribution in [2.24, 2.45) is 5.18 Å². The van der Waals surface area contributed by atoms with Gasteiger partial charge in [0.1, 0.15) is 0 Å². The van der Waals surface area contributed by atoms with Crippen molar-refractivity contribution in [3.05, 3.63) is 21.0 Å². The molecule has 0 N–H and O–H groups in total. The Kier molecular flexibility index (Phi) is 2.20. The van der Waals surface area contributed by atoms with Crippen molar-refractivity contribution < 1.29 is 14.3 Å². The minimum atomic E-state index is -0.0179. The van der Waals surface area contributed by atoms with Gasteiger partial charge >= 0.3 is 0 Å². The van der Waals surface area contributed by atoms with Crippen LogP contribution in [0.5, 0.6) is 11.5 Å². The van der Waals surface area contributed by atoms with Crippen LogP contribution in [0, 0.1) is 4.91 Å². The first-order valence-electron chi connectivity index (χ1n) is 3.68. The zero-order valence-electron chi connectivity index (χ0n) is 6.82. The fraction of sp³-hybridized carbons (Fsp3) is 0.125. The molecule has 5 nitrogen and oxygen atoms in total. The fourth-order valence-electron chi connectivity index (χ4n) is 1.22. The quantitative estimate of drug-likeness (QED) is 0.603. The third-order valence-electron chi connectivity index (χ3n) is 1.82. The average Bonchev–Trinajstić information content (AvgIpc) is 2.66. The summed E-state index contributed by atoms with van der Waals surface area (Å²) in [5.41, 5.74) is 0.159. The minimum Gasteiger partial charge on any atom is -0.452 e. The topological polar surface area (TPSA) is 65.0 Å². The van der Waals surface area contributed by atoms with E-state index in [2.05, 4.69) is 21.1 Å². The zero-order valence-corrected chi connectivity index (χ0v) is 8.41. The van der Waals surface area contributed by atoms with Crippen molar-refractivity contribution in [3.63, 3.8) is 0 Å². The molecule has 0 amide bonds. The monoisotopic (exact) mass is 257 g/mol. The summed E-state index contributed by atoms with van der Waals surface area (Å²) < 4.78 is 10.7. The number of hydrogen-bond donors (Lipinski definition) is 0. The predicted molar refractivity (Wildman–Crippen MR) is 51.1 cm³/mol. The molecule has 0 radical (unpaired) electrons. The standard InChI is InChI=1S/C8H4BrNO4/c9-5-1-4(2-11)6(10-12)8-7(5)13-3-14-8/h1-2H,3H2. The summed E-state index contributed by atoms with van der Waals surface area (Å²) in [6.07, 6.45) is 0.545. The molecule has 1 heterocycles. The molecule has 0 saturated heterocycles. The van der Waals surface area contributed by atoms with Crippen LogP contribution in [0.1, 0.15) is 10.4 Å². The summed E-state index contributed by atoms with van der Waals surface area (Å²) >= 11 is 3.19. The van der Waals surface area contributed by atoms with Crippen molar-refractivity contribution in [1.82, 2.24) is 0 Å². The predicted octanol–water partition coefficient (Wildman–Crippen LogP) is 2.39. The summed E-state index contributed by atoms with van der Waals surface area (Å²) in [6, 6.07) is 1.47. The molecule has 1 aromatic carbocycles. The Morgan fingerprint density at radius 2 is 2.14 bits per heavy atom. The normalized spacial score (nSPS) is 12.6. The van der Waals surface area contributed by atoms with E-state index in [9.17, 15) is 9.70 Å². The number of halogens is 1. The Morgan fingerprint density at radius 1 is 1.43 bits per heavy atom. The van der Waals surface area contributed by atoms with Crippen LogP contribution in [0.3, 0.4) is 0 Å². The summed E-state index contributed by atoms with van der Waals surface area (Å²) in [7, 11) is 0. The smallest absolute Gasteiger partial charge is 0.231 e. The minimum absolute atomic E-state index is 0.0179. The number of carbonyl (C=O) groups is 1. The molecule has 0 bridgehead atoms. The summed E-state index contributed by atoms with van der Waals surface area (Å²) in [4.78, 5) is 21.1. The first-order chi connectivity index (χ1) is 6.77. The Labute approximate surface area is 87.1 Å². The van der Waals surface area contributed by atoms with Crippen LogP contribution in [-0.4, -0.2) is 13.1 Å². The molecule has 1 aromatic rings. The Balaban J connectivity index is 2.73. The number of nitroso groups, excluding NO2 is 1. The van der Waals surface area contributed by atoms with Gasteiger partial charge in [-0.1, -0.05) is 0 Å². The van der Waals surface area contributed by atoms with Gasteiger partial charge in [0, 0.05) is 5.56 Å². The van der Waals surface area contributed by atoms with E-state index in [0.29, 0.717) is 16.5 Å². The molecule has 1 aliphatic rings. The molecule has 1 aliphatic heterocycles. The molecule has 0 fully saturated rings. The Bertz CT molecular complexity index is 418. The highest BCUT2D eigenvalue weighted by molar-refractivity contribution is 9.10. The van der Waals surface area contributed by atoms with Crippen LogP contribution in [0.25, 0.3) is 0 Å². The van der Waals surface area contributed by atoms with Crippen LogP contribution in [0.2, 0.25) is 0 Å². The fourth-order valence-corrected chi connectivity index (χ4v) is 1.76. The Hall–Kier alpha value is -1.43. The largest absolute Gasteiger partial charge is 0.452 e. The third-order valence-corrected chi connectivity index (χ3v) is 2.41. The second-order valence-electron chi connectivity index (χ2n) is 2.57. The highest BCUT2D eigenvalue weighted by Crippen LogP contribution is 2.47. The lowest BCUT2D eigenvalue weighted by Crippen LogP contribution is -1.93. The molecule has 6 heteroatoms. The maximum absolute atomic E-state index is 10.6. The number of benzene rings is 1. The lowest BCUT2D eigenvalue weighted by Gasteiger charge is -2.02. The molecule has 72 valence electrons. The molecule has 0 unspecified atom stereocenters. The molecule has 0 spiro atoms. The molecular weight excluding hydrogens is 254 g/mol. The second kappa shape index (κ2) is 3.38. The molecule has 0 aromatic heterocycles. The molecule has 0 atom stereocenters. The summed E-state index contributed by atoms with van der Waals surface area (Å²) in [5, 5.41) is 2.75. The molecule has 2 rings (SSSR count). The van der Waals surface area contributed by atoms with Crippen LogP contribution in [0.15, 0.2) is 15.7 Å². The summed E-state index contributed by atoms with van der Waals surface area (Å²) in [5.74, 6) is 0.627.